The van der Waals surface area contributed by atoms with Gasteiger partial charge in [-0.15, -0.1) is 0 Å². The summed E-state index contributed by atoms with van der Waals surface area (Å²) in [7, 11) is 0. The molecule has 0 N–H and O–H groups in total. The van der Waals surface area contributed by atoms with Crippen LogP contribution in [-0.2, 0) is 0 Å². The molecule has 1 aliphatic rings. The number of nitrogens with zero attached hydrogens (tertiary/aromatic N) is 4. The Morgan fingerprint density at radius 2 is 2.12 bits per heavy atom. The molecule has 3 rings (SSSR count). The molecule has 0 spiro atoms. The molecule has 0 saturated carbocycles. The largest absolute Gasteiger partial charge is 0.472 e. The van der Waals surface area contributed by atoms with E-state index in [0.29, 0.717) is 23.3 Å². The minimum atomic E-state index is -0.517. The molecule has 1 atom stereocenters. The van der Waals surface area contributed by atoms with E-state index in [2.05, 4.69) is 9.97 Å². The average Bonchev–Trinajstić information content (AvgIpc) is 2.57. The van der Waals surface area contributed by atoms with Crippen LogP contribution in [0.4, 0.5) is 11.5 Å². The molecule has 0 radical (unpaired) electrons. The third kappa shape index (κ3) is 3.85. The van der Waals surface area contributed by atoms with Gasteiger partial charge in [0.25, 0.3) is 5.69 Å². The van der Waals surface area contributed by atoms with Crippen molar-refractivity contribution in [3.8, 4) is 5.88 Å². The Kier molecular flexibility index (Phi) is 5.01. The van der Waals surface area contributed by atoms with E-state index >= 15 is 0 Å². The van der Waals surface area contributed by atoms with Crippen molar-refractivity contribution in [1.82, 2.24) is 9.97 Å². The van der Waals surface area contributed by atoms with Crippen molar-refractivity contribution in [2.75, 3.05) is 18.0 Å². The van der Waals surface area contributed by atoms with Crippen LogP contribution in [0, 0.1) is 10.1 Å². The maximum Gasteiger partial charge on any atom is 0.289 e. The summed E-state index contributed by atoms with van der Waals surface area (Å²) in [6.07, 6.45) is 4.46. The zero-order chi connectivity index (χ0) is 17.1. The second kappa shape index (κ2) is 7.19. The third-order valence-corrected chi connectivity index (χ3v) is 4.19. The Balaban J connectivity index is 1.71. The van der Waals surface area contributed by atoms with Crippen molar-refractivity contribution >= 4 is 34.7 Å². The molecule has 2 aromatic heterocycles. The molecule has 3 heterocycles. The van der Waals surface area contributed by atoms with E-state index in [1.54, 1.807) is 12.1 Å². The van der Waals surface area contributed by atoms with Crippen molar-refractivity contribution in [3.63, 3.8) is 0 Å². The van der Waals surface area contributed by atoms with Crippen LogP contribution < -0.4 is 9.64 Å². The maximum atomic E-state index is 10.8. The Labute approximate surface area is 148 Å². The molecule has 9 heteroatoms. The lowest BCUT2D eigenvalue weighted by Gasteiger charge is -2.33. The highest BCUT2D eigenvalue weighted by molar-refractivity contribution is 6.33. The summed E-state index contributed by atoms with van der Waals surface area (Å²) >= 11 is 12.0. The molecular weight excluding hydrogens is 355 g/mol. The molecule has 0 aliphatic carbocycles. The lowest BCUT2D eigenvalue weighted by Crippen LogP contribution is -2.41. The van der Waals surface area contributed by atoms with Gasteiger partial charge < -0.3 is 9.64 Å². The van der Waals surface area contributed by atoms with E-state index in [1.807, 2.05) is 4.90 Å². The first-order valence-electron chi connectivity index (χ1n) is 7.36. The van der Waals surface area contributed by atoms with E-state index in [-0.39, 0.29) is 16.8 Å². The normalized spacial score (nSPS) is 17.6. The SMILES string of the molecule is O=[N+]([O-])c1cnc(N2CCCC(Oc3ccc(Cl)cn3)C2)c(Cl)c1. The first-order valence-corrected chi connectivity index (χ1v) is 8.11. The number of aromatic nitrogens is 2. The standard InChI is InChI=1S/C15H14Cl2N4O3/c16-10-3-4-14(18-7-10)24-12-2-1-5-20(9-12)15-13(17)6-11(8-19-15)21(22)23/h3-4,6-8,12H,1-2,5,9H2. The summed E-state index contributed by atoms with van der Waals surface area (Å²) in [4.78, 5) is 20.5. The monoisotopic (exact) mass is 368 g/mol. The van der Waals surface area contributed by atoms with E-state index in [0.717, 1.165) is 19.4 Å². The topological polar surface area (TPSA) is 81.4 Å². The highest BCUT2D eigenvalue weighted by Crippen LogP contribution is 2.29. The Hall–Kier alpha value is -2.12. The maximum absolute atomic E-state index is 10.8. The predicted octanol–water partition coefficient (Wildman–Crippen LogP) is 3.74. The zero-order valence-electron chi connectivity index (χ0n) is 12.6. The lowest BCUT2D eigenvalue weighted by molar-refractivity contribution is -0.385. The van der Waals surface area contributed by atoms with E-state index in [4.69, 9.17) is 27.9 Å². The minimum Gasteiger partial charge on any atom is -0.472 e. The summed E-state index contributed by atoms with van der Waals surface area (Å²) < 4.78 is 5.87. The van der Waals surface area contributed by atoms with E-state index < -0.39 is 4.92 Å². The molecule has 1 fully saturated rings. The Morgan fingerprint density at radius 3 is 2.79 bits per heavy atom. The Morgan fingerprint density at radius 1 is 1.29 bits per heavy atom. The van der Waals surface area contributed by atoms with Crippen molar-refractivity contribution < 1.29 is 9.66 Å². The number of rotatable bonds is 4. The number of hydrogen-bond acceptors (Lipinski definition) is 6. The van der Waals surface area contributed by atoms with Gasteiger partial charge in [0.1, 0.15) is 18.1 Å². The van der Waals surface area contributed by atoms with Gasteiger partial charge in [-0.1, -0.05) is 23.2 Å². The molecule has 126 valence electrons. The summed E-state index contributed by atoms with van der Waals surface area (Å²) in [6, 6.07) is 4.76. The second-order valence-electron chi connectivity index (χ2n) is 5.40. The molecule has 1 aliphatic heterocycles. The van der Waals surface area contributed by atoms with Crippen molar-refractivity contribution in [3.05, 3.63) is 50.8 Å². The van der Waals surface area contributed by atoms with Crippen LogP contribution in [0.25, 0.3) is 0 Å². The van der Waals surface area contributed by atoms with E-state index in [9.17, 15) is 10.1 Å². The van der Waals surface area contributed by atoms with Crippen LogP contribution >= 0.6 is 23.2 Å². The number of piperidine rings is 1. The number of ether oxygens (including phenoxy) is 1. The number of nitro groups is 1. The number of halogens is 2. The molecule has 0 amide bonds. The van der Waals surface area contributed by atoms with Gasteiger partial charge >= 0.3 is 0 Å². The summed E-state index contributed by atoms with van der Waals surface area (Å²) in [5.41, 5.74) is -0.126. The third-order valence-electron chi connectivity index (χ3n) is 3.68. The zero-order valence-corrected chi connectivity index (χ0v) is 14.1. The van der Waals surface area contributed by atoms with Crippen LogP contribution in [0.5, 0.6) is 5.88 Å². The number of anilines is 1. The summed E-state index contributed by atoms with van der Waals surface area (Å²) in [5.74, 6) is 1.04. The lowest BCUT2D eigenvalue weighted by atomic mass is 10.1. The number of hydrogen-bond donors (Lipinski definition) is 0. The fourth-order valence-corrected chi connectivity index (χ4v) is 2.97. The van der Waals surface area contributed by atoms with E-state index in [1.165, 1.54) is 18.5 Å². The van der Waals surface area contributed by atoms with Crippen LogP contribution in [-0.4, -0.2) is 34.1 Å². The summed E-state index contributed by atoms with van der Waals surface area (Å²) in [5, 5.41) is 11.6. The Bertz CT molecular complexity index is 742. The van der Waals surface area contributed by atoms with Crippen molar-refractivity contribution in [2.45, 2.75) is 18.9 Å². The highest BCUT2D eigenvalue weighted by Gasteiger charge is 2.25. The smallest absolute Gasteiger partial charge is 0.289 e. The van der Waals surface area contributed by atoms with Crippen molar-refractivity contribution in [1.29, 1.82) is 0 Å². The molecular formula is C15H14Cl2N4O3. The van der Waals surface area contributed by atoms with Gasteiger partial charge in [0.15, 0.2) is 0 Å². The molecule has 7 nitrogen and oxygen atoms in total. The fourth-order valence-electron chi connectivity index (χ4n) is 2.58. The average molecular weight is 369 g/mol. The van der Waals surface area contributed by atoms with Crippen LogP contribution in [0.15, 0.2) is 30.6 Å². The van der Waals surface area contributed by atoms with Crippen molar-refractivity contribution in [2.24, 2.45) is 0 Å². The molecule has 1 saturated heterocycles. The minimum absolute atomic E-state index is 0.0690. The fraction of sp³-hybridized carbons (Fsp3) is 0.333. The molecule has 2 aromatic rings. The quantitative estimate of drug-likeness (QED) is 0.603. The van der Waals surface area contributed by atoms with Crippen LogP contribution in [0.2, 0.25) is 10.0 Å². The summed E-state index contributed by atoms with van der Waals surface area (Å²) in [6.45, 7) is 1.34. The number of pyridine rings is 2. The molecule has 0 bridgehead atoms. The highest BCUT2D eigenvalue weighted by atomic mass is 35.5. The first kappa shape index (κ1) is 16.7. The second-order valence-corrected chi connectivity index (χ2v) is 6.24. The van der Waals surface area contributed by atoms with Gasteiger partial charge in [-0.2, -0.15) is 0 Å². The molecule has 24 heavy (non-hydrogen) atoms. The van der Waals surface area contributed by atoms with Gasteiger partial charge in [0, 0.05) is 24.9 Å². The first-order chi connectivity index (χ1) is 11.5. The van der Waals surface area contributed by atoms with Gasteiger partial charge in [-0.25, -0.2) is 9.97 Å². The van der Waals surface area contributed by atoms with Crippen LogP contribution in [0.3, 0.4) is 0 Å². The van der Waals surface area contributed by atoms with Gasteiger partial charge in [0.2, 0.25) is 5.88 Å². The van der Waals surface area contributed by atoms with Gasteiger partial charge in [-0.05, 0) is 18.9 Å². The van der Waals surface area contributed by atoms with Gasteiger partial charge in [-0.3, -0.25) is 10.1 Å². The van der Waals surface area contributed by atoms with Gasteiger partial charge in [0.05, 0.1) is 21.5 Å². The molecule has 0 aromatic carbocycles. The molecule has 1 unspecified atom stereocenters. The van der Waals surface area contributed by atoms with Crippen LogP contribution in [0.1, 0.15) is 12.8 Å². The predicted molar refractivity (Wildman–Crippen MR) is 91.0 cm³/mol.